The van der Waals surface area contributed by atoms with E-state index in [0.29, 0.717) is 13.1 Å². The molecule has 0 atom stereocenters. The third kappa shape index (κ3) is 3.31. The van der Waals surface area contributed by atoms with E-state index in [1.54, 1.807) is 6.20 Å². The van der Waals surface area contributed by atoms with Gasteiger partial charge in [-0.3, -0.25) is 19.3 Å². The molecule has 2 aromatic heterocycles. The molecule has 0 saturated carbocycles. The first kappa shape index (κ1) is 14.8. The first-order chi connectivity index (χ1) is 10.0. The van der Waals surface area contributed by atoms with Crippen molar-refractivity contribution in [3.63, 3.8) is 0 Å². The molecule has 0 spiro atoms. The fraction of sp³-hybridized carbons (Fsp3) is 0.357. The summed E-state index contributed by atoms with van der Waals surface area (Å²) in [4.78, 5) is 30.0. The van der Waals surface area contributed by atoms with Gasteiger partial charge >= 0.3 is 5.69 Å². The summed E-state index contributed by atoms with van der Waals surface area (Å²) in [6.07, 6.45) is 2.48. The molecule has 4 N–H and O–H groups in total. The number of nitrogen functional groups attached to an aromatic ring is 1. The Hall–Kier alpha value is -2.57. The first-order valence-electron chi connectivity index (χ1n) is 6.81. The predicted octanol–water partition coefficient (Wildman–Crippen LogP) is 0.844. The highest BCUT2D eigenvalue weighted by molar-refractivity contribution is 5.60. The minimum atomic E-state index is -0.509. The third-order valence-electron chi connectivity index (χ3n) is 3.13. The van der Waals surface area contributed by atoms with Crippen LogP contribution in [0, 0.1) is 6.92 Å². The molecule has 0 fully saturated rings. The summed E-state index contributed by atoms with van der Waals surface area (Å²) >= 11 is 0. The summed E-state index contributed by atoms with van der Waals surface area (Å²) < 4.78 is 1.36. The van der Waals surface area contributed by atoms with Gasteiger partial charge in [0.1, 0.15) is 11.5 Å². The number of pyridine rings is 1. The number of nitrogens with zero attached hydrogens (tertiary/aromatic N) is 2. The zero-order valence-electron chi connectivity index (χ0n) is 12.1. The van der Waals surface area contributed by atoms with E-state index in [0.717, 1.165) is 17.7 Å². The average molecular weight is 289 g/mol. The molecule has 0 radical (unpaired) electrons. The van der Waals surface area contributed by atoms with Crippen molar-refractivity contribution in [2.24, 2.45) is 0 Å². The number of aryl methyl sites for hydroxylation is 1. The second kappa shape index (κ2) is 6.25. The predicted molar refractivity (Wildman–Crippen MR) is 82.3 cm³/mol. The van der Waals surface area contributed by atoms with Crippen molar-refractivity contribution in [2.75, 3.05) is 11.1 Å². The van der Waals surface area contributed by atoms with Gasteiger partial charge in [0, 0.05) is 25.0 Å². The highest BCUT2D eigenvalue weighted by Gasteiger charge is 2.11. The number of H-pyrrole nitrogens is 1. The number of aromatic amines is 1. The van der Waals surface area contributed by atoms with Gasteiger partial charge in [-0.15, -0.1) is 0 Å². The molecular formula is C14H19N5O2. The van der Waals surface area contributed by atoms with Crippen molar-refractivity contribution < 1.29 is 0 Å². The molecule has 7 nitrogen and oxygen atoms in total. The maximum atomic E-state index is 11.9. The van der Waals surface area contributed by atoms with E-state index in [1.165, 1.54) is 4.57 Å². The SMILES string of the molecule is CCCn1c(N)c(NCc2ccc(C)nc2)c(=O)[nH]c1=O. The highest BCUT2D eigenvalue weighted by Crippen LogP contribution is 2.12. The van der Waals surface area contributed by atoms with Gasteiger partial charge in [-0.25, -0.2) is 4.79 Å². The van der Waals surface area contributed by atoms with Crippen LogP contribution in [0.1, 0.15) is 24.6 Å². The monoisotopic (exact) mass is 289 g/mol. The van der Waals surface area contributed by atoms with E-state index in [4.69, 9.17) is 5.73 Å². The van der Waals surface area contributed by atoms with Crippen molar-refractivity contribution in [2.45, 2.75) is 33.4 Å². The van der Waals surface area contributed by atoms with E-state index in [9.17, 15) is 9.59 Å². The smallest absolute Gasteiger partial charge is 0.330 e. The van der Waals surface area contributed by atoms with Gasteiger partial charge in [-0.1, -0.05) is 13.0 Å². The van der Waals surface area contributed by atoms with Gasteiger partial charge in [-0.05, 0) is 25.0 Å². The van der Waals surface area contributed by atoms with Crippen molar-refractivity contribution in [3.8, 4) is 0 Å². The van der Waals surface area contributed by atoms with Gasteiger partial charge in [0.05, 0.1) is 0 Å². The van der Waals surface area contributed by atoms with Crippen LogP contribution in [0.25, 0.3) is 0 Å². The Balaban J connectivity index is 2.27. The second-order valence-corrected chi connectivity index (χ2v) is 4.83. The number of aromatic nitrogens is 3. The number of hydrogen-bond acceptors (Lipinski definition) is 5. The molecular weight excluding hydrogens is 270 g/mol. The molecule has 2 aromatic rings. The Labute approximate surface area is 121 Å². The fourth-order valence-electron chi connectivity index (χ4n) is 2.00. The normalized spacial score (nSPS) is 10.6. The fourth-order valence-corrected chi connectivity index (χ4v) is 2.00. The van der Waals surface area contributed by atoms with Crippen molar-refractivity contribution in [1.29, 1.82) is 0 Å². The van der Waals surface area contributed by atoms with Crippen LogP contribution in [0.3, 0.4) is 0 Å². The standard InChI is InChI=1S/C14H19N5O2/c1-3-6-19-12(15)11(13(20)18-14(19)21)17-8-10-5-4-9(2)16-7-10/h4-5,7,17H,3,6,8,15H2,1-2H3,(H,18,20,21). The van der Waals surface area contributed by atoms with E-state index < -0.39 is 11.2 Å². The van der Waals surface area contributed by atoms with Crippen LogP contribution >= 0.6 is 0 Å². The van der Waals surface area contributed by atoms with Crippen LogP contribution < -0.4 is 22.3 Å². The summed E-state index contributed by atoms with van der Waals surface area (Å²) in [5.41, 5.74) is 6.99. The molecule has 2 rings (SSSR count). The van der Waals surface area contributed by atoms with Crippen molar-refractivity contribution >= 4 is 11.5 Å². The lowest BCUT2D eigenvalue weighted by atomic mass is 10.2. The van der Waals surface area contributed by atoms with Crippen molar-refractivity contribution in [3.05, 3.63) is 50.4 Å². The summed E-state index contributed by atoms with van der Waals surface area (Å²) in [6.45, 7) is 4.70. The number of hydrogen-bond donors (Lipinski definition) is 3. The molecule has 0 aromatic carbocycles. The van der Waals surface area contributed by atoms with Gasteiger partial charge in [0.2, 0.25) is 0 Å². The molecule has 2 heterocycles. The maximum Gasteiger partial charge on any atom is 0.330 e. The minimum absolute atomic E-state index is 0.158. The lowest BCUT2D eigenvalue weighted by Gasteiger charge is -2.13. The molecule has 0 aliphatic carbocycles. The van der Waals surface area contributed by atoms with Crippen LogP contribution in [0.2, 0.25) is 0 Å². The average Bonchev–Trinajstić information content (AvgIpc) is 2.45. The molecule has 0 saturated heterocycles. The van der Waals surface area contributed by atoms with Crippen LogP contribution in [0.4, 0.5) is 11.5 Å². The Morgan fingerprint density at radius 2 is 2.14 bits per heavy atom. The summed E-state index contributed by atoms with van der Waals surface area (Å²) in [7, 11) is 0. The molecule has 0 unspecified atom stereocenters. The van der Waals surface area contributed by atoms with E-state index in [-0.39, 0.29) is 11.5 Å². The van der Waals surface area contributed by atoms with E-state index in [2.05, 4.69) is 15.3 Å². The number of anilines is 2. The Morgan fingerprint density at radius 1 is 1.38 bits per heavy atom. The van der Waals surface area contributed by atoms with Crippen LogP contribution in [0.5, 0.6) is 0 Å². The minimum Gasteiger partial charge on any atom is -0.383 e. The molecule has 7 heteroatoms. The van der Waals surface area contributed by atoms with Crippen LogP contribution in [-0.2, 0) is 13.1 Å². The summed E-state index contributed by atoms with van der Waals surface area (Å²) in [5.74, 6) is 0.158. The maximum absolute atomic E-state index is 11.9. The lowest BCUT2D eigenvalue weighted by molar-refractivity contribution is 0.642. The number of nitrogens with two attached hydrogens (primary N) is 1. The molecule has 112 valence electrons. The quantitative estimate of drug-likeness (QED) is 0.756. The Kier molecular flexibility index (Phi) is 4.42. The van der Waals surface area contributed by atoms with Crippen LogP contribution in [0.15, 0.2) is 27.9 Å². The Morgan fingerprint density at radius 3 is 2.76 bits per heavy atom. The molecule has 21 heavy (non-hydrogen) atoms. The lowest BCUT2D eigenvalue weighted by Crippen LogP contribution is -2.34. The molecule has 0 aliphatic rings. The van der Waals surface area contributed by atoms with Gasteiger partial charge in [0.25, 0.3) is 5.56 Å². The first-order valence-corrected chi connectivity index (χ1v) is 6.81. The zero-order valence-corrected chi connectivity index (χ0v) is 12.1. The van der Waals surface area contributed by atoms with Gasteiger partial charge < -0.3 is 11.1 Å². The van der Waals surface area contributed by atoms with Gasteiger partial charge in [-0.2, -0.15) is 0 Å². The van der Waals surface area contributed by atoms with E-state index >= 15 is 0 Å². The summed E-state index contributed by atoms with van der Waals surface area (Å²) in [5, 5.41) is 2.97. The second-order valence-electron chi connectivity index (χ2n) is 4.83. The van der Waals surface area contributed by atoms with Crippen LogP contribution in [-0.4, -0.2) is 14.5 Å². The molecule has 0 bridgehead atoms. The molecule has 0 amide bonds. The third-order valence-corrected chi connectivity index (χ3v) is 3.13. The zero-order chi connectivity index (χ0) is 15.4. The van der Waals surface area contributed by atoms with E-state index in [1.807, 2.05) is 26.0 Å². The number of nitrogens with one attached hydrogen (secondary N) is 2. The highest BCUT2D eigenvalue weighted by atomic mass is 16.2. The Bertz CT molecular complexity index is 731. The summed E-state index contributed by atoms with van der Waals surface area (Å²) in [6, 6.07) is 3.81. The topological polar surface area (TPSA) is 106 Å². The molecule has 0 aliphatic heterocycles. The number of rotatable bonds is 5. The largest absolute Gasteiger partial charge is 0.383 e. The van der Waals surface area contributed by atoms with Gasteiger partial charge in [0.15, 0.2) is 0 Å². The van der Waals surface area contributed by atoms with Crippen molar-refractivity contribution in [1.82, 2.24) is 14.5 Å².